The van der Waals surface area contributed by atoms with Gasteiger partial charge >= 0.3 is 0 Å². The number of halogens is 1. The van der Waals surface area contributed by atoms with Crippen LogP contribution in [0, 0.1) is 0 Å². The van der Waals surface area contributed by atoms with Crippen molar-refractivity contribution in [2.24, 2.45) is 0 Å². The van der Waals surface area contributed by atoms with Crippen molar-refractivity contribution in [3.05, 3.63) is 20.8 Å². The van der Waals surface area contributed by atoms with Crippen LogP contribution in [0.4, 0.5) is 0 Å². The van der Waals surface area contributed by atoms with E-state index in [-0.39, 0.29) is 0 Å². The molecule has 0 aliphatic rings. The molecule has 1 aromatic heterocycles. The highest BCUT2D eigenvalue weighted by atomic mass is 79.9. The highest BCUT2D eigenvalue weighted by Crippen LogP contribution is 2.21. The quantitative estimate of drug-likeness (QED) is 0.888. The average molecular weight is 294 g/mol. The molecule has 0 bridgehead atoms. The van der Waals surface area contributed by atoms with Gasteiger partial charge in [0.05, 0.1) is 0 Å². The van der Waals surface area contributed by atoms with E-state index in [0.717, 1.165) is 13.1 Å². The Labute approximate surface area is 103 Å². The fourth-order valence-electron chi connectivity index (χ4n) is 1.01. The lowest BCUT2D eigenvalue weighted by molar-refractivity contribution is 0.594. The maximum Gasteiger partial charge on any atom is 0.0300 e. The van der Waals surface area contributed by atoms with Crippen molar-refractivity contribution in [2.45, 2.75) is 25.1 Å². The SMILES string of the molecule is CSC(C)(C)CNCc1cc(Br)cs1. The standard InChI is InChI=1S/C10H16BrNS2/c1-10(2,13-3)7-12-5-9-4-8(11)6-14-9/h4,6,12H,5,7H2,1-3H3. The van der Waals surface area contributed by atoms with Gasteiger partial charge in [-0.2, -0.15) is 11.8 Å². The molecule has 80 valence electrons. The van der Waals surface area contributed by atoms with Crippen LogP contribution in [0.5, 0.6) is 0 Å². The van der Waals surface area contributed by atoms with E-state index >= 15 is 0 Å². The zero-order chi connectivity index (χ0) is 10.6. The summed E-state index contributed by atoms with van der Waals surface area (Å²) in [4.78, 5) is 1.38. The van der Waals surface area contributed by atoms with Gasteiger partial charge in [-0.25, -0.2) is 0 Å². The molecule has 1 nitrogen and oxygen atoms in total. The third-order valence-electron chi connectivity index (χ3n) is 2.02. The molecule has 1 rings (SSSR count). The highest BCUT2D eigenvalue weighted by molar-refractivity contribution is 9.10. The number of thioether (sulfide) groups is 1. The summed E-state index contributed by atoms with van der Waals surface area (Å²) in [6.45, 7) is 6.54. The third-order valence-corrected chi connectivity index (χ3v) is 4.97. The van der Waals surface area contributed by atoms with Gasteiger partial charge in [-0.3, -0.25) is 0 Å². The first-order chi connectivity index (χ1) is 6.53. The second-order valence-electron chi connectivity index (χ2n) is 3.80. The Morgan fingerprint density at radius 3 is 2.79 bits per heavy atom. The van der Waals surface area contributed by atoms with Gasteiger partial charge in [-0.05, 0) is 42.1 Å². The first-order valence-corrected chi connectivity index (χ1v) is 7.42. The predicted molar refractivity (Wildman–Crippen MR) is 71.3 cm³/mol. The molecular weight excluding hydrogens is 278 g/mol. The van der Waals surface area contributed by atoms with Gasteiger partial charge in [0.25, 0.3) is 0 Å². The number of rotatable bonds is 5. The topological polar surface area (TPSA) is 12.0 Å². The Bertz CT molecular complexity index is 283. The van der Waals surface area contributed by atoms with Gasteiger partial charge in [-0.1, -0.05) is 0 Å². The van der Waals surface area contributed by atoms with Gasteiger partial charge in [0.15, 0.2) is 0 Å². The highest BCUT2D eigenvalue weighted by Gasteiger charge is 2.14. The molecule has 1 heterocycles. The van der Waals surface area contributed by atoms with Gasteiger partial charge in [0, 0.05) is 32.6 Å². The molecule has 1 N–H and O–H groups in total. The number of thiophene rings is 1. The smallest absolute Gasteiger partial charge is 0.0300 e. The van der Waals surface area contributed by atoms with E-state index in [0.29, 0.717) is 4.75 Å². The lowest BCUT2D eigenvalue weighted by Gasteiger charge is -2.22. The zero-order valence-corrected chi connectivity index (χ0v) is 12.0. The molecule has 0 spiro atoms. The number of hydrogen-bond donors (Lipinski definition) is 1. The Morgan fingerprint density at radius 1 is 1.57 bits per heavy atom. The van der Waals surface area contributed by atoms with Crippen LogP contribution in [-0.4, -0.2) is 17.5 Å². The minimum absolute atomic E-state index is 0.328. The molecule has 0 fully saturated rings. The molecule has 4 heteroatoms. The molecule has 0 saturated carbocycles. The summed E-state index contributed by atoms with van der Waals surface area (Å²) in [6, 6.07) is 2.17. The van der Waals surface area contributed by atoms with Crippen molar-refractivity contribution in [3.8, 4) is 0 Å². The van der Waals surface area contributed by atoms with Crippen LogP contribution in [0.1, 0.15) is 18.7 Å². The summed E-state index contributed by atoms with van der Waals surface area (Å²) >= 11 is 7.15. The predicted octanol–water partition coefficient (Wildman–Crippen LogP) is 3.74. The van der Waals surface area contributed by atoms with Crippen LogP contribution in [-0.2, 0) is 6.54 Å². The summed E-state index contributed by atoms with van der Waals surface area (Å²) in [5.74, 6) is 0. The maximum atomic E-state index is 3.47. The molecule has 0 unspecified atom stereocenters. The molecule has 1 aromatic rings. The molecular formula is C10H16BrNS2. The monoisotopic (exact) mass is 293 g/mol. The van der Waals surface area contributed by atoms with Crippen LogP contribution >= 0.6 is 39.0 Å². The van der Waals surface area contributed by atoms with Crippen molar-refractivity contribution in [3.63, 3.8) is 0 Å². The molecule has 0 radical (unpaired) electrons. The van der Waals surface area contributed by atoms with Crippen LogP contribution in [0.2, 0.25) is 0 Å². The lowest BCUT2D eigenvalue weighted by atomic mass is 10.2. The van der Waals surface area contributed by atoms with E-state index in [4.69, 9.17) is 0 Å². The third kappa shape index (κ3) is 4.34. The maximum absolute atomic E-state index is 3.47. The second kappa shape index (κ2) is 5.54. The van der Waals surface area contributed by atoms with Crippen LogP contribution < -0.4 is 5.32 Å². The van der Waals surface area contributed by atoms with Crippen molar-refractivity contribution < 1.29 is 0 Å². The average Bonchev–Trinajstić information content (AvgIpc) is 2.51. The number of nitrogens with one attached hydrogen (secondary N) is 1. The molecule has 14 heavy (non-hydrogen) atoms. The number of hydrogen-bond acceptors (Lipinski definition) is 3. The normalized spacial score (nSPS) is 12.0. The Morgan fingerprint density at radius 2 is 2.29 bits per heavy atom. The zero-order valence-electron chi connectivity index (χ0n) is 8.76. The first kappa shape index (κ1) is 12.6. The van der Waals surface area contributed by atoms with E-state index < -0.39 is 0 Å². The largest absolute Gasteiger partial charge is 0.310 e. The second-order valence-corrected chi connectivity index (χ2v) is 7.22. The fourth-order valence-corrected chi connectivity index (χ4v) is 2.67. The van der Waals surface area contributed by atoms with E-state index in [9.17, 15) is 0 Å². The Balaban J connectivity index is 2.28. The first-order valence-electron chi connectivity index (χ1n) is 4.52. The molecule has 0 aliphatic carbocycles. The van der Waals surface area contributed by atoms with Crippen LogP contribution in [0.3, 0.4) is 0 Å². The van der Waals surface area contributed by atoms with Gasteiger partial charge in [0.1, 0.15) is 0 Å². The molecule has 0 saturated heterocycles. The fraction of sp³-hybridized carbons (Fsp3) is 0.600. The lowest BCUT2D eigenvalue weighted by Crippen LogP contribution is -2.31. The summed E-state index contributed by atoms with van der Waals surface area (Å²) in [6.07, 6.45) is 2.16. The van der Waals surface area contributed by atoms with Crippen molar-refractivity contribution in [2.75, 3.05) is 12.8 Å². The summed E-state index contributed by atoms with van der Waals surface area (Å²) in [7, 11) is 0. The molecule has 0 atom stereocenters. The summed E-state index contributed by atoms with van der Waals surface area (Å²) in [5.41, 5.74) is 0. The van der Waals surface area contributed by atoms with E-state index in [1.54, 1.807) is 11.3 Å². The molecule has 0 aromatic carbocycles. The molecule has 0 aliphatic heterocycles. The van der Waals surface area contributed by atoms with E-state index in [1.165, 1.54) is 9.35 Å². The summed E-state index contributed by atoms with van der Waals surface area (Å²) < 4.78 is 1.51. The Kier molecular flexibility index (Phi) is 4.97. The van der Waals surface area contributed by atoms with Crippen LogP contribution in [0.25, 0.3) is 0 Å². The summed E-state index contributed by atoms with van der Waals surface area (Å²) in [5, 5.41) is 5.60. The minimum atomic E-state index is 0.328. The van der Waals surface area contributed by atoms with Crippen molar-refractivity contribution >= 4 is 39.0 Å². The van der Waals surface area contributed by atoms with Crippen molar-refractivity contribution in [1.82, 2.24) is 5.32 Å². The van der Waals surface area contributed by atoms with Crippen LogP contribution in [0.15, 0.2) is 15.9 Å². The van der Waals surface area contributed by atoms with Gasteiger partial charge in [0.2, 0.25) is 0 Å². The Hall–Kier alpha value is 0.490. The minimum Gasteiger partial charge on any atom is -0.310 e. The van der Waals surface area contributed by atoms with Crippen molar-refractivity contribution in [1.29, 1.82) is 0 Å². The molecule has 0 amide bonds. The van der Waals surface area contributed by atoms with Gasteiger partial charge in [-0.15, -0.1) is 11.3 Å². The van der Waals surface area contributed by atoms with E-state index in [2.05, 4.69) is 52.8 Å². The van der Waals surface area contributed by atoms with Gasteiger partial charge < -0.3 is 5.32 Å². The van der Waals surface area contributed by atoms with E-state index in [1.807, 2.05) is 11.8 Å².